The van der Waals surface area contributed by atoms with Gasteiger partial charge < -0.3 is 16.0 Å². The lowest BCUT2D eigenvalue weighted by Crippen LogP contribution is -2.46. The molecule has 172 valence electrons. The number of carbonyl (C=O) groups is 3. The van der Waals surface area contributed by atoms with Crippen LogP contribution in [0.1, 0.15) is 51.0 Å². The molecule has 0 aromatic heterocycles. The fourth-order valence-electron chi connectivity index (χ4n) is 5.22. The lowest BCUT2D eigenvalue weighted by atomic mass is 9.88. The van der Waals surface area contributed by atoms with Crippen LogP contribution in [0, 0.1) is 11.7 Å². The van der Waals surface area contributed by atoms with Crippen molar-refractivity contribution in [2.45, 2.75) is 56.5 Å². The molecule has 2 aliphatic carbocycles. The van der Waals surface area contributed by atoms with Crippen LogP contribution >= 0.6 is 0 Å². The molecule has 33 heavy (non-hydrogen) atoms. The maximum atomic E-state index is 14.5. The third-order valence-electron chi connectivity index (χ3n) is 7.17. The number of amides is 5. The van der Waals surface area contributed by atoms with Gasteiger partial charge >= 0.3 is 12.1 Å². The molecule has 1 atom stereocenters. The predicted molar refractivity (Wildman–Crippen MR) is 122 cm³/mol. The number of benzene rings is 2. The first-order valence-electron chi connectivity index (χ1n) is 11.4. The van der Waals surface area contributed by atoms with Gasteiger partial charge in [-0.1, -0.05) is 37.1 Å². The summed E-state index contributed by atoms with van der Waals surface area (Å²) in [7, 11) is 0. The van der Waals surface area contributed by atoms with Crippen molar-refractivity contribution < 1.29 is 18.8 Å². The SMILES string of the molecule is CC1(C2CC2)NC(=O)N(c2cccc(NC(=O)NC3(c4ccccc4F)CCCC3)c2)C1=O. The average molecular weight is 451 g/mol. The van der Waals surface area contributed by atoms with E-state index < -0.39 is 23.1 Å². The Morgan fingerprint density at radius 2 is 1.82 bits per heavy atom. The van der Waals surface area contributed by atoms with Crippen molar-refractivity contribution in [3.63, 3.8) is 0 Å². The summed E-state index contributed by atoms with van der Waals surface area (Å²) in [5.74, 6) is -0.452. The second kappa shape index (κ2) is 7.86. The molecule has 5 rings (SSSR count). The maximum Gasteiger partial charge on any atom is 0.329 e. The zero-order valence-corrected chi connectivity index (χ0v) is 18.5. The van der Waals surface area contributed by atoms with Crippen molar-refractivity contribution in [1.82, 2.24) is 10.6 Å². The van der Waals surface area contributed by atoms with E-state index in [-0.39, 0.29) is 17.6 Å². The van der Waals surface area contributed by atoms with Gasteiger partial charge in [-0.25, -0.2) is 18.9 Å². The average Bonchev–Trinajstić information content (AvgIpc) is 3.49. The zero-order valence-electron chi connectivity index (χ0n) is 18.5. The third kappa shape index (κ3) is 3.73. The number of anilines is 2. The molecule has 8 heteroatoms. The van der Waals surface area contributed by atoms with Crippen molar-refractivity contribution in [2.75, 3.05) is 10.2 Å². The highest BCUT2D eigenvalue weighted by molar-refractivity contribution is 6.23. The van der Waals surface area contributed by atoms with E-state index in [4.69, 9.17) is 0 Å². The first kappa shape index (κ1) is 21.4. The first-order chi connectivity index (χ1) is 15.8. The van der Waals surface area contributed by atoms with E-state index in [0.29, 0.717) is 29.8 Å². The molecule has 0 bridgehead atoms. The molecular formula is C25H27FN4O3. The van der Waals surface area contributed by atoms with E-state index in [2.05, 4.69) is 16.0 Å². The molecular weight excluding hydrogens is 423 g/mol. The van der Waals surface area contributed by atoms with Crippen molar-refractivity contribution >= 4 is 29.3 Å². The van der Waals surface area contributed by atoms with Crippen LogP contribution in [0.3, 0.4) is 0 Å². The Kier molecular flexibility index (Phi) is 5.11. The van der Waals surface area contributed by atoms with Crippen LogP contribution in [0.2, 0.25) is 0 Å². The van der Waals surface area contributed by atoms with Crippen molar-refractivity contribution in [3.05, 3.63) is 59.9 Å². The van der Waals surface area contributed by atoms with Gasteiger partial charge in [0, 0.05) is 11.3 Å². The highest BCUT2D eigenvalue weighted by Gasteiger charge is 2.56. The van der Waals surface area contributed by atoms with E-state index >= 15 is 0 Å². The largest absolute Gasteiger partial charge is 0.329 e. The minimum absolute atomic E-state index is 0.159. The van der Waals surface area contributed by atoms with Crippen LogP contribution in [0.4, 0.5) is 25.4 Å². The Bertz CT molecular complexity index is 1130. The molecule has 3 aliphatic rings. The number of hydrogen-bond acceptors (Lipinski definition) is 3. The summed E-state index contributed by atoms with van der Waals surface area (Å²) in [4.78, 5) is 39.7. The van der Waals surface area contributed by atoms with Crippen molar-refractivity contribution in [1.29, 1.82) is 0 Å². The van der Waals surface area contributed by atoms with Gasteiger partial charge in [-0.2, -0.15) is 0 Å². The molecule has 5 amide bonds. The summed E-state index contributed by atoms with van der Waals surface area (Å²) < 4.78 is 14.5. The second-order valence-corrected chi connectivity index (χ2v) is 9.45. The standard InChI is InChI=1S/C25H27FN4O3/c1-24(16-11-12-16)21(31)30(23(33)29-24)18-8-6-7-17(15-18)27-22(32)28-25(13-4-5-14-25)19-9-2-3-10-20(19)26/h2-3,6-10,15-16H,4-5,11-14H2,1H3,(H,29,33)(H2,27,28,32). The van der Waals surface area contributed by atoms with E-state index in [1.807, 2.05) is 0 Å². The third-order valence-corrected chi connectivity index (χ3v) is 7.17. The summed E-state index contributed by atoms with van der Waals surface area (Å²) in [5, 5.41) is 8.61. The van der Waals surface area contributed by atoms with Gasteiger partial charge in [0.2, 0.25) is 0 Å². The Morgan fingerprint density at radius 3 is 2.52 bits per heavy atom. The molecule has 1 aliphatic heterocycles. The highest BCUT2D eigenvalue weighted by atomic mass is 19.1. The molecule has 0 spiro atoms. The smallest absolute Gasteiger partial charge is 0.328 e. The Morgan fingerprint density at radius 1 is 1.09 bits per heavy atom. The van der Waals surface area contributed by atoms with Crippen molar-refractivity contribution in [2.24, 2.45) is 5.92 Å². The van der Waals surface area contributed by atoms with Crippen LogP contribution in [-0.4, -0.2) is 23.5 Å². The van der Waals surface area contributed by atoms with Crippen LogP contribution < -0.4 is 20.9 Å². The fourth-order valence-corrected chi connectivity index (χ4v) is 5.22. The Balaban J connectivity index is 1.34. The van der Waals surface area contributed by atoms with Gasteiger partial charge in [0.1, 0.15) is 11.4 Å². The quantitative estimate of drug-likeness (QED) is 0.580. The minimum atomic E-state index is -0.882. The molecule has 1 saturated heterocycles. The van der Waals surface area contributed by atoms with Gasteiger partial charge in [-0.15, -0.1) is 0 Å². The lowest BCUT2D eigenvalue weighted by Gasteiger charge is -2.31. The number of nitrogens with zero attached hydrogens (tertiary/aromatic N) is 1. The van der Waals surface area contributed by atoms with Gasteiger partial charge in [0.25, 0.3) is 5.91 Å². The molecule has 7 nitrogen and oxygen atoms in total. The number of carbonyl (C=O) groups excluding carboxylic acids is 3. The van der Waals surface area contributed by atoms with E-state index in [1.165, 1.54) is 6.07 Å². The molecule has 0 radical (unpaired) electrons. The number of nitrogens with one attached hydrogen (secondary N) is 3. The summed E-state index contributed by atoms with van der Waals surface area (Å²) in [5.41, 5.74) is -0.321. The Hall–Kier alpha value is -3.42. The van der Waals surface area contributed by atoms with Crippen LogP contribution in [0.15, 0.2) is 48.5 Å². The molecule has 1 heterocycles. The van der Waals surface area contributed by atoms with E-state index in [0.717, 1.165) is 30.6 Å². The summed E-state index contributed by atoms with van der Waals surface area (Å²) in [6.07, 6.45) is 4.95. The number of halogens is 1. The lowest BCUT2D eigenvalue weighted by molar-refractivity contribution is -0.122. The molecule has 2 aromatic rings. The highest BCUT2D eigenvalue weighted by Crippen LogP contribution is 2.44. The van der Waals surface area contributed by atoms with Crippen LogP contribution in [0.25, 0.3) is 0 Å². The van der Waals surface area contributed by atoms with Crippen LogP contribution in [0.5, 0.6) is 0 Å². The van der Waals surface area contributed by atoms with Crippen molar-refractivity contribution in [3.8, 4) is 0 Å². The molecule has 2 saturated carbocycles. The molecule has 3 fully saturated rings. The van der Waals surface area contributed by atoms with E-state index in [1.54, 1.807) is 49.4 Å². The van der Waals surface area contributed by atoms with Crippen LogP contribution in [-0.2, 0) is 10.3 Å². The summed E-state index contributed by atoms with van der Waals surface area (Å²) in [6, 6.07) is 12.2. The van der Waals surface area contributed by atoms with Gasteiger partial charge in [-0.3, -0.25) is 4.79 Å². The normalized spacial score (nSPS) is 24.0. The number of hydrogen-bond donors (Lipinski definition) is 3. The molecule has 3 N–H and O–H groups in total. The van der Waals surface area contributed by atoms with Gasteiger partial charge in [0.15, 0.2) is 0 Å². The zero-order chi connectivity index (χ0) is 23.2. The molecule has 1 unspecified atom stereocenters. The number of urea groups is 2. The van der Waals surface area contributed by atoms with Gasteiger partial charge in [0.05, 0.1) is 11.2 Å². The first-order valence-corrected chi connectivity index (χ1v) is 11.4. The maximum absolute atomic E-state index is 14.5. The second-order valence-electron chi connectivity index (χ2n) is 9.45. The molecule has 2 aromatic carbocycles. The van der Waals surface area contributed by atoms with Gasteiger partial charge in [-0.05, 0) is 62.8 Å². The fraction of sp³-hybridized carbons (Fsp3) is 0.400. The van der Waals surface area contributed by atoms with E-state index in [9.17, 15) is 18.8 Å². The minimum Gasteiger partial charge on any atom is -0.328 e. The monoisotopic (exact) mass is 450 g/mol. The topological polar surface area (TPSA) is 90.5 Å². The summed E-state index contributed by atoms with van der Waals surface area (Å²) in [6.45, 7) is 1.77. The number of rotatable bonds is 5. The number of imide groups is 1. The summed E-state index contributed by atoms with van der Waals surface area (Å²) >= 11 is 0. The Labute approximate surface area is 191 Å². The predicted octanol–water partition coefficient (Wildman–Crippen LogP) is 4.64.